The number of para-hydroxylation sites is 3. The number of amides is 1. The van der Waals surface area contributed by atoms with Crippen LogP contribution < -0.4 is 10.1 Å². The van der Waals surface area contributed by atoms with E-state index in [0.29, 0.717) is 17.3 Å². The molecular weight excluding hydrogens is 366 g/mol. The Morgan fingerprint density at radius 1 is 1.00 bits per heavy atom. The van der Waals surface area contributed by atoms with Crippen molar-refractivity contribution in [2.45, 2.75) is 19.6 Å². The molecule has 0 radical (unpaired) electrons. The topological polar surface area (TPSA) is 76.4 Å². The Bertz CT molecular complexity index is 1120. The van der Waals surface area contributed by atoms with E-state index >= 15 is 0 Å². The van der Waals surface area contributed by atoms with Crippen LogP contribution in [0.4, 0.5) is 5.69 Å². The minimum Gasteiger partial charge on any atom is -0.457 e. The zero-order chi connectivity index (χ0) is 20.2. The zero-order valence-electron chi connectivity index (χ0n) is 15.9. The fourth-order valence-corrected chi connectivity index (χ4v) is 3.15. The van der Waals surface area contributed by atoms with Crippen LogP contribution in [0.2, 0.25) is 0 Å². The largest absolute Gasteiger partial charge is 0.457 e. The summed E-state index contributed by atoms with van der Waals surface area (Å²) in [6.07, 6.45) is -0.774. The number of aromatic nitrogens is 2. The molecule has 0 aliphatic heterocycles. The van der Waals surface area contributed by atoms with E-state index in [1.54, 1.807) is 35.8 Å². The minimum absolute atomic E-state index is 0.0585. The highest BCUT2D eigenvalue weighted by Gasteiger charge is 2.17. The van der Waals surface area contributed by atoms with Crippen molar-refractivity contribution >= 4 is 22.6 Å². The van der Waals surface area contributed by atoms with Crippen LogP contribution in [0.1, 0.15) is 18.9 Å². The fraction of sp³-hybridized carbons (Fsp3) is 0.130. The molecule has 3 aromatic carbocycles. The van der Waals surface area contributed by atoms with Crippen molar-refractivity contribution in [3.8, 4) is 11.5 Å². The third kappa shape index (κ3) is 4.28. The predicted octanol–water partition coefficient (Wildman–Crippen LogP) is 4.52. The lowest BCUT2D eigenvalue weighted by atomic mass is 10.3. The molecule has 4 rings (SSSR count). The highest BCUT2D eigenvalue weighted by atomic mass is 16.5. The number of rotatable bonds is 6. The molecule has 6 nitrogen and oxygen atoms in total. The van der Waals surface area contributed by atoms with E-state index in [2.05, 4.69) is 10.3 Å². The van der Waals surface area contributed by atoms with Gasteiger partial charge in [-0.15, -0.1) is 0 Å². The Hall–Kier alpha value is -3.64. The van der Waals surface area contributed by atoms with Crippen molar-refractivity contribution in [3.05, 3.63) is 84.7 Å². The lowest BCUT2D eigenvalue weighted by Gasteiger charge is -2.12. The Labute approximate surface area is 168 Å². The van der Waals surface area contributed by atoms with Crippen LogP contribution >= 0.6 is 0 Å². The smallest absolute Gasteiger partial charge is 0.244 e. The number of benzene rings is 3. The minimum atomic E-state index is -0.774. The van der Waals surface area contributed by atoms with Crippen LogP contribution in [0.15, 0.2) is 78.9 Å². The van der Waals surface area contributed by atoms with Crippen molar-refractivity contribution < 1.29 is 14.6 Å². The number of carbonyl (C=O) groups is 1. The number of imidazole rings is 1. The molecule has 0 fully saturated rings. The van der Waals surface area contributed by atoms with E-state index in [1.165, 1.54) is 0 Å². The van der Waals surface area contributed by atoms with Gasteiger partial charge < -0.3 is 19.7 Å². The molecule has 1 heterocycles. The van der Waals surface area contributed by atoms with Gasteiger partial charge in [0, 0.05) is 5.69 Å². The molecule has 29 heavy (non-hydrogen) atoms. The van der Waals surface area contributed by atoms with E-state index < -0.39 is 6.10 Å². The van der Waals surface area contributed by atoms with Gasteiger partial charge in [0.15, 0.2) is 0 Å². The summed E-state index contributed by atoms with van der Waals surface area (Å²) in [7, 11) is 0. The fourth-order valence-electron chi connectivity index (χ4n) is 3.15. The Morgan fingerprint density at radius 3 is 2.38 bits per heavy atom. The number of aliphatic hydroxyl groups is 1. The molecule has 0 aliphatic carbocycles. The maximum Gasteiger partial charge on any atom is 0.244 e. The van der Waals surface area contributed by atoms with Crippen molar-refractivity contribution in [2.75, 3.05) is 5.32 Å². The molecule has 0 saturated heterocycles. The number of nitrogens with one attached hydrogen (secondary N) is 1. The van der Waals surface area contributed by atoms with Gasteiger partial charge in [0.2, 0.25) is 5.91 Å². The van der Waals surface area contributed by atoms with Crippen LogP contribution in [0.3, 0.4) is 0 Å². The normalized spacial score (nSPS) is 11.9. The number of hydrogen-bond donors (Lipinski definition) is 2. The number of hydrogen-bond acceptors (Lipinski definition) is 4. The van der Waals surface area contributed by atoms with Gasteiger partial charge in [-0.1, -0.05) is 30.3 Å². The maximum absolute atomic E-state index is 12.6. The van der Waals surface area contributed by atoms with Gasteiger partial charge in [0.1, 0.15) is 30.0 Å². The predicted molar refractivity (Wildman–Crippen MR) is 112 cm³/mol. The van der Waals surface area contributed by atoms with Gasteiger partial charge >= 0.3 is 0 Å². The Balaban J connectivity index is 1.46. The third-order valence-corrected chi connectivity index (χ3v) is 4.48. The molecule has 1 aromatic heterocycles. The van der Waals surface area contributed by atoms with Crippen LogP contribution in [0, 0.1) is 0 Å². The molecule has 0 bridgehead atoms. The number of carbonyl (C=O) groups excluding carboxylic acids is 1. The number of fused-ring (bicyclic) bond motifs is 1. The van der Waals surface area contributed by atoms with Crippen molar-refractivity contribution in [1.29, 1.82) is 0 Å². The number of aliphatic hydroxyl groups excluding tert-OH is 1. The second-order valence-corrected chi connectivity index (χ2v) is 6.71. The molecule has 2 N–H and O–H groups in total. The van der Waals surface area contributed by atoms with Crippen molar-refractivity contribution in [3.63, 3.8) is 0 Å². The van der Waals surface area contributed by atoms with Gasteiger partial charge in [0.25, 0.3) is 0 Å². The van der Waals surface area contributed by atoms with E-state index in [-0.39, 0.29) is 12.5 Å². The quantitative estimate of drug-likeness (QED) is 0.510. The lowest BCUT2D eigenvalue weighted by Crippen LogP contribution is -2.20. The maximum atomic E-state index is 12.6. The summed E-state index contributed by atoms with van der Waals surface area (Å²) >= 11 is 0. The van der Waals surface area contributed by atoms with Gasteiger partial charge in [-0.3, -0.25) is 4.79 Å². The lowest BCUT2D eigenvalue weighted by molar-refractivity contribution is -0.116. The molecule has 0 spiro atoms. The summed E-state index contributed by atoms with van der Waals surface area (Å²) in [5.41, 5.74) is 2.22. The molecular formula is C23H21N3O3. The summed E-state index contributed by atoms with van der Waals surface area (Å²) in [6, 6.07) is 24.2. The van der Waals surface area contributed by atoms with Crippen molar-refractivity contribution in [2.24, 2.45) is 0 Å². The van der Waals surface area contributed by atoms with Gasteiger partial charge in [0.05, 0.1) is 11.0 Å². The number of ether oxygens (including phenoxy) is 1. The summed E-state index contributed by atoms with van der Waals surface area (Å²) in [5.74, 6) is 1.70. The molecule has 1 unspecified atom stereocenters. The first-order valence-electron chi connectivity index (χ1n) is 9.36. The second kappa shape index (κ2) is 8.16. The van der Waals surface area contributed by atoms with Crippen LogP contribution in [-0.2, 0) is 11.3 Å². The number of nitrogens with zero attached hydrogens (tertiary/aromatic N) is 2. The first-order valence-corrected chi connectivity index (χ1v) is 9.36. The van der Waals surface area contributed by atoms with E-state index in [1.807, 2.05) is 54.6 Å². The van der Waals surface area contributed by atoms with Crippen LogP contribution in [0.5, 0.6) is 11.5 Å². The van der Waals surface area contributed by atoms with Gasteiger partial charge in [-0.2, -0.15) is 0 Å². The summed E-state index contributed by atoms with van der Waals surface area (Å²) in [5, 5.41) is 12.9. The second-order valence-electron chi connectivity index (χ2n) is 6.71. The molecule has 4 aromatic rings. The molecule has 146 valence electrons. The van der Waals surface area contributed by atoms with Gasteiger partial charge in [-0.25, -0.2) is 4.98 Å². The summed E-state index contributed by atoms with van der Waals surface area (Å²) < 4.78 is 7.50. The monoisotopic (exact) mass is 387 g/mol. The molecule has 1 atom stereocenters. The van der Waals surface area contributed by atoms with Gasteiger partial charge in [-0.05, 0) is 55.5 Å². The molecule has 1 amide bonds. The van der Waals surface area contributed by atoms with E-state index in [4.69, 9.17) is 4.74 Å². The summed E-state index contributed by atoms with van der Waals surface area (Å²) in [4.78, 5) is 17.0. The Morgan fingerprint density at radius 2 is 1.66 bits per heavy atom. The highest BCUT2D eigenvalue weighted by Crippen LogP contribution is 2.23. The molecule has 0 saturated carbocycles. The number of anilines is 1. The van der Waals surface area contributed by atoms with Crippen LogP contribution in [0.25, 0.3) is 11.0 Å². The van der Waals surface area contributed by atoms with E-state index in [0.717, 1.165) is 16.8 Å². The zero-order valence-corrected chi connectivity index (χ0v) is 15.9. The Kier molecular flexibility index (Phi) is 5.27. The first kappa shape index (κ1) is 18.7. The average molecular weight is 387 g/mol. The average Bonchev–Trinajstić information content (AvgIpc) is 3.09. The van der Waals surface area contributed by atoms with Crippen molar-refractivity contribution in [1.82, 2.24) is 9.55 Å². The molecule has 0 aliphatic rings. The molecule has 6 heteroatoms. The van der Waals surface area contributed by atoms with Crippen LogP contribution in [-0.4, -0.2) is 20.6 Å². The summed E-state index contributed by atoms with van der Waals surface area (Å²) in [6.45, 7) is 1.70. The highest BCUT2D eigenvalue weighted by molar-refractivity contribution is 5.91. The third-order valence-electron chi connectivity index (χ3n) is 4.48. The van der Waals surface area contributed by atoms with E-state index in [9.17, 15) is 9.90 Å². The first-order chi connectivity index (χ1) is 14.1. The SMILES string of the molecule is CC(O)c1nc2ccccc2n1CC(=O)Nc1ccc(Oc2ccccc2)cc1. The standard InChI is InChI=1S/C23H21N3O3/c1-16(27)23-25-20-9-5-6-10-21(20)26(23)15-22(28)24-17-11-13-19(14-12-17)29-18-7-3-2-4-8-18/h2-14,16,27H,15H2,1H3,(H,24,28).